The Balaban J connectivity index is 2.60. The molecule has 0 saturated carbocycles. The number of nitrogens with one attached hydrogen (secondary N) is 1. The third-order valence-corrected chi connectivity index (χ3v) is 3.27. The summed E-state index contributed by atoms with van der Waals surface area (Å²) in [5, 5.41) is 3.69. The number of hydrogen-bond acceptors (Lipinski definition) is 2. The number of rotatable bonds is 6. The molecule has 0 aliphatic carbocycles. The summed E-state index contributed by atoms with van der Waals surface area (Å²) in [5.74, 6) is -0.0634. The van der Waals surface area contributed by atoms with Gasteiger partial charge in [-0.25, -0.2) is 0 Å². The van der Waals surface area contributed by atoms with Crippen LogP contribution in [-0.4, -0.2) is 12.5 Å². The average molecular weight is 269 g/mol. The lowest BCUT2D eigenvalue weighted by molar-refractivity contribution is -0.125. The van der Waals surface area contributed by atoms with Crippen molar-refractivity contribution < 1.29 is 4.79 Å². The van der Waals surface area contributed by atoms with Gasteiger partial charge in [0.25, 0.3) is 0 Å². The maximum Gasteiger partial charge on any atom is 0.224 e. The Kier molecular flexibility index (Phi) is 6.16. The highest BCUT2D eigenvalue weighted by molar-refractivity contribution is 6.30. The van der Waals surface area contributed by atoms with Gasteiger partial charge in [-0.2, -0.15) is 0 Å². The van der Waals surface area contributed by atoms with Gasteiger partial charge in [-0.3, -0.25) is 4.79 Å². The molecule has 1 amide bonds. The normalized spacial score (nSPS) is 14.0. The SMILES string of the molecule is CCCC(CN)C(=O)NC(C)c1ccc(Cl)cc1. The van der Waals surface area contributed by atoms with E-state index in [-0.39, 0.29) is 17.9 Å². The van der Waals surface area contributed by atoms with Crippen LogP contribution in [0.25, 0.3) is 0 Å². The van der Waals surface area contributed by atoms with Gasteiger partial charge in [0.05, 0.1) is 12.0 Å². The maximum atomic E-state index is 12.0. The molecule has 1 rings (SSSR count). The molecule has 18 heavy (non-hydrogen) atoms. The van der Waals surface area contributed by atoms with Gasteiger partial charge in [0.15, 0.2) is 0 Å². The molecule has 1 aromatic rings. The van der Waals surface area contributed by atoms with Crippen LogP contribution in [0.3, 0.4) is 0 Å². The lowest BCUT2D eigenvalue weighted by Gasteiger charge is -2.19. The Morgan fingerprint density at radius 1 is 1.39 bits per heavy atom. The van der Waals surface area contributed by atoms with Crippen LogP contribution in [-0.2, 0) is 4.79 Å². The summed E-state index contributed by atoms with van der Waals surface area (Å²) in [7, 11) is 0. The fraction of sp³-hybridized carbons (Fsp3) is 0.500. The van der Waals surface area contributed by atoms with E-state index < -0.39 is 0 Å². The smallest absolute Gasteiger partial charge is 0.224 e. The quantitative estimate of drug-likeness (QED) is 0.834. The van der Waals surface area contributed by atoms with E-state index in [9.17, 15) is 4.79 Å². The predicted molar refractivity (Wildman–Crippen MR) is 75.5 cm³/mol. The monoisotopic (exact) mass is 268 g/mol. The lowest BCUT2D eigenvalue weighted by Crippen LogP contribution is -2.36. The van der Waals surface area contributed by atoms with Crippen molar-refractivity contribution in [2.45, 2.75) is 32.7 Å². The van der Waals surface area contributed by atoms with E-state index in [1.54, 1.807) is 0 Å². The van der Waals surface area contributed by atoms with Gasteiger partial charge >= 0.3 is 0 Å². The summed E-state index contributed by atoms with van der Waals surface area (Å²) >= 11 is 5.83. The van der Waals surface area contributed by atoms with Crippen molar-refractivity contribution >= 4 is 17.5 Å². The molecule has 2 unspecified atom stereocenters. The Morgan fingerprint density at radius 2 is 2.00 bits per heavy atom. The minimum absolute atomic E-state index is 0.0272. The first kappa shape index (κ1) is 15.0. The maximum absolute atomic E-state index is 12.0. The van der Waals surface area contributed by atoms with Crippen LogP contribution < -0.4 is 11.1 Å². The molecule has 0 radical (unpaired) electrons. The second kappa shape index (κ2) is 7.39. The van der Waals surface area contributed by atoms with Crippen LogP contribution in [0.15, 0.2) is 24.3 Å². The van der Waals surface area contributed by atoms with Gasteiger partial charge < -0.3 is 11.1 Å². The molecule has 0 spiro atoms. The Bertz CT molecular complexity index is 378. The van der Waals surface area contributed by atoms with E-state index in [1.807, 2.05) is 31.2 Å². The molecule has 3 N–H and O–H groups in total. The zero-order chi connectivity index (χ0) is 13.5. The van der Waals surface area contributed by atoms with Crippen LogP contribution in [0.1, 0.15) is 38.3 Å². The molecule has 0 heterocycles. The van der Waals surface area contributed by atoms with E-state index in [0.29, 0.717) is 11.6 Å². The van der Waals surface area contributed by atoms with Crippen molar-refractivity contribution in [3.05, 3.63) is 34.9 Å². The molecule has 0 aliphatic rings. The summed E-state index contributed by atoms with van der Waals surface area (Å²) in [4.78, 5) is 12.0. The van der Waals surface area contributed by atoms with E-state index in [4.69, 9.17) is 17.3 Å². The number of carbonyl (C=O) groups is 1. The van der Waals surface area contributed by atoms with E-state index >= 15 is 0 Å². The summed E-state index contributed by atoms with van der Waals surface area (Å²) in [5.41, 5.74) is 6.66. The largest absolute Gasteiger partial charge is 0.349 e. The van der Waals surface area contributed by atoms with Crippen LogP contribution in [0.2, 0.25) is 5.02 Å². The van der Waals surface area contributed by atoms with Crippen molar-refractivity contribution in [1.29, 1.82) is 0 Å². The van der Waals surface area contributed by atoms with E-state index in [2.05, 4.69) is 12.2 Å². The molecular weight excluding hydrogens is 248 g/mol. The Morgan fingerprint density at radius 3 is 2.50 bits per heavy atom. The molecule has 2 atom stereocenters. The first-order chi connectivity index (χ1) is 8.58. The fourth-order valence-corrected chi connectivity index (χ4v) is 2.00. The second-order valence-electron chi connectivity index (χ2n) is 4.50. The molecular formula is C14H21ClN2O. The van der Waals surface area contributed by atoms with E-state index in [1.165, 1.54) is 0 Å². The zero-order valence-electron chi connectivity index (χ0n) is 10.9. The minimum Gasteiger partial charge on any atom is -0.349 e. The molecule has 0 fully saturated rings. The molecule has 0 aromatic heterocycles. The van der Waals surface area contributed by atoms with Crippen molar-refractivity contribution in [2.24, 2.45) is 11.7 Å². The highest BCUT2D eigenvalue weighted by Crippen LogP contribution is 2.17. The molecule has 4 heteroatoms. The minimum atomic E-state index is -0.0928. The number of halogens is 1. The number of benzene rings is 1. The van der Waals surface area contributed by atoms with Crippen molar-refractivity contribution in [1.82, 2.24) is 5.32 Å². The van der Waals surface area contributed by atoms with Gasteiger partial charge in [0.1, 0.15) is 0 Å². The fourth-order valence-electron chi connectivity index (χ4n) is 1.87. The van der Waals surface area contributed by atoms with Crippen LogP contribution >= 0.6 is 11.6 Å². The van der Waals surface area contributed by atoms with Crippen molar-refractivity contribution in [3.63, 3.8) is 0 Å². The molecule has 0 saturated heterocycles. The Labute approximate surface area is 114 Å². The summed E-state index contributed by atoms with van der Waals surface area (Å²) in [6, 6.07) is 7.47. The number of nitrogens with two attached hydrogens (primary N) is 1. The van der Waals surface area contributed by atoms with Crippen LogP contribution in [0, 0.1) is 5.92 Å². The first-order valence-electron chi connectivity index (χ1n) is 6.34. The van der Waals surface area contributed by atoms with E-state index in [0.717, 1.165) is 18.4 Å². The highest BCUT2D eigenvalue weighted by atomic mass is 35.5. The van der Waals surface area contributed by atoms with Crippen molar-refractivity contribution in [2.75, 3.05) is 6.54 Å². The third-order valence-electron chi connectivity index (χ3n) is 3.02. The average Bonchev–Trinajstić information content (AvgIpc) is 2.36. The van der Waals surface area contributed by atoms with Crippen LogP contribution in [0.4, 0.5) is 0 Å². The molecule has 0 bridgehead atoms. The number of carbonyl (C=O) groups excluding carboxylic acids is 1. The van der Waals surface area contributed by atoms with Gasteiger partial charge in [0, 0.05) is 11.6 Å². The second-order valence-corrected chi connectivity index (χ2v) is 4.94. The third kappa shape index (κ3) is 4.31. The summed E-state index contributed by atoms with van der Waals surface area (Å²) in [6.07, 6.45) is 1.79. The van der Waals surface area contributed by atoms with Gasteiger partial charge in [-0.05, 0) is 31.0 Å². The van der Waals surface area contributed by atoms with Gasteiger partial charge in [-0.1, -0.05) is 37.1 Å². The topological polar surface area (TPSA) is 55.1 Å². The molecule has 0 aliphatic heterocycles. The lowest BCUT2D eigenvalue weighted by atomic mass is 10.0. The molecule has 1 aromatic carbocycles. The van der Waals surface area contributed by atoms with Gasteiger partial charge in [-0.15, -0.1) is 0 Å². The number of hydrogen-bond donors (Lipinski definition) is 2. The standard InChI is InChI=1S/C14H21ClN2O/c1-3-4-12(9-16)14(18)17-10(2)11-5-7-13(15)8-6-11/h5-8,10,12H,3-4,9,16H2,1-2H3,(H,17,18). The Hall–Kier alpha value is -1.06. The predicted octanol–water partition coefficient (Wildman–Crippen LogP) is 2.89. The summed E-state index contributed by atoms with van der Waals surface area (Å²) in [6.45, 7) is 4.41. The van der Waals surface area contributed by atoms with Crippen molar-refractivity contribution in [3.8, 4) is 0 Å². The first-order valence-corrected chi connectivity index (χ1v) is 6.72. The number of amides is 1. The summed E-state index contributed by atoms with van der Waals surface area (Å²) < 4.78 is 0. The van der Waals surface area contributed by atoms with Crippen LogP contribution in [0.5, 0.6) is 0 Å². The van der Waals surface area contributed by atoms with Gasteiger partial charge in [0.2, 0.25) is 5.91 Å². The highest BCUT2D eigenvalue weighted by Gasteiger charge is 2.18. The molecule has 3 nitrogen and oxygen atoms in total. The molecule has 100 valence electrons. The zero-order valence-corrected chi connectivity index (χ0v) is 11.7.